The average molecular weight is 214 g/mol. The quantitative estimate of drug-likeness (QED) is 0.529. The highest BCUT2D eigenvalue weighted by Crippen LogP contribution is 2.28. The molecule has 0 bridgehead atoms. The molecule has 4 heteroatoms. The standard InChI is InChI=1S/C12H14N4/c1-2-14-12-6-8-7-5-11(13)15-9(7)3-4-10(8)16-12/h3-6,14-16H,2,13H2,1H3. The van der Waals surface area contributed by atoms with E-state index in [2.05, 4.69) is 34.3 Å². The predicted octanol–water partition coefficient (Wildman–Crippen LogP) is 2.66. The van der Waals surface area contributed by atoms with Crippen LogP contribution in [0, 0.1) is 0 Å². The van der Waals surface area contributed by atoms with Crippen LogP contribution in [0.5, 0.6) is 0 Å². The van der Waals surface area contributed by atoms with Gasteiger partial charge in [-0.1, -0.05) is 0 Å². The normalized spacial score (nSPS) is 11.3. The Kier molecular flexibility index (Phi) is 1.83. The molecule has 2 aromatic heterocycles. The van der Waals surface area contributed by atoms with E-state index in [0.717, 1.165) is 28.8 Å². The van der Waals surface area contributed by atoms with Crippen molar-refractivity contribution in [1.29, 1.82) is 0 Å². The number of H-pyrrole nitrogens is 2. The smallest absolute Gasteiger partial charge is 0.104 e. The maximum atomic E-state index is 5.77. The number of anilines is 2. The van der Waals surface area contributed by atoms with Gasteiger partial charge >= 0.3 is 0 Å². The minimum Gasteiger partial charge on any atom is -0.385 e. The van der Waals surface area contributed by atoms with Gasteiger partial charge in [-0.05, 0) is 31.2 Å². The molecular weight excluding hydrogens is 200 g/mol. The van der Waals surface area contributed by atoms with Crippen molar-refractivity contribution >= 4 is 33.4 Å². The number of hydrogen-bond donors (Lipinski definition) is 4. The van der Waals surface area contributed by atoms with Crippen LogP contribution in [0.1, 0.15) is 6.92 Å². The molecule has 2 heterocycles. The van der Waals surface area contributed by atoms with Gasteiger partial charge in [-0.25, -0.2) is 0 Å². The van der Waals surface area contributed by atoms with Crippen LogP contribution in [0.2, 0.25) is 0 Å². The Balaban J connectivity index is 2.31. The Bertz CT molecular complexity index is 647. The molecule has 0 saturated carbocycles. The third kappa shape index (κ3) is 1.23. The van der Waals surface area contributed by atoms with Crippen molar-refractivity contribution in [3.8, 4) is 0 Å². The molecule has 16 heavy (non-hydrogen) atoms. The van der Waals surface area contributed by atoms with E-state index < -0.39 is 0 Å². The summed E-state index contributed by atoms with van der Waals surface area (Å²) in [6.45, 7) is 2.99. The zero-order chi connectivity index (χ0) is 11.1. The van der Waals surface area contributed by atoms with Gasteiger partial charge in [0.1, 0.15) is 11.6 Å². The highest BCUT2D eigenvalue weighted by Gasteiger charge is 2.06. The van der Waals surface area contributed by atoms with Gasteiger partial charge in [0.25, 0.3) is 0 Å². The van der Waals surface area contributed by atoms with Gasteiger partial charge in [0.2, 0.25) is 0 Å². The monoisotopic (exact) mass is 214 g/mol. The Morgan fingerprint density at radius 3 is 2.56 bits per heavy atom. The second kappa shape index (κ2) is 3.20. The van der Waals surface area contributed by atoms with Crippen LogP contribution in [-0.2, 0) is 0 Å². The van der Waals surface area contributed by atoms with E-state index in [1.165, 1.54) is 5.39 Å². The molecule has 0 spiro atoms. The van der Waals surface area contributed by atoms with Gasteiger partial charge in [-0.2, -0.15) is 0 Å². The lowest BCUT2D eigenvalue weighted by molar-refractivity contribution is 1.19. The van der Waals surface area contributed by atoms with Crippen molar-refractivity contribution in [3.05, 3.63) is 24.3 Å². The Hall–Kier alpha value is -2.10. The first-order valence-corrected chi connectivity index (χ1v) is 5.41. The molecule has 0 radical (unpaired) electrons. The molecule has 0 aliphatic rings. The van der Waals surface area contributed by atoms with Gasteiger partial charge in [0, 0.05) is 28.4 Å². The fourth-order valence-electron chi connectivity index (χ4n) is 2.12. The van der Waals surface area contributed by atoms with E-state index in [4.69, 9.17) is 5.73 Å². The molecule has 3 aromatic rings. The van der Waals surface area contributed by atoms with Crippen LogP contribution < -0.4 is 11.1 Å². The van der Waals surface area contributed by atoms with Crippen molar-refractivity contribution in [3.63, 3.8) is 0 Å². The molecule has 82 valence electrons. The summed E-state index contributed by atoms with van der Waals surface area (Å²) >= 11 is 0. The van der Waals surface area contributed by atoms with E-state index in [9.17, 15) is 0 Å². The van der Waals surface area contributed by atoms with Gasteiger partial charge in [0.05, 0.1) is 0 Å². The van der Waals surface area contributed by atoms with Crippen LogP contribution >= 0.6 is 0 Å². The van der Waals surface area contributed by atoms with Crippen LogP contribution in [0.3, 0.4) is 0 Å². The van der Waals surface area contributed by atoms with Crippen LogP contribution in [0.15, 0.2) is 24.3 Å². The van der Waals surface area contributed by atoms with Crippen LogP contribution in [0.4, 0.5) is 11.6 Å². The van der Waals surface area contributed by atoms with E-state index in [-0.39, 0.29) is 0 Å². The fraction of sp³-hybridized carbons (Fsp3) is 0.167. The lowest BCUT2D eigenvalue weighted by Crippen LogP contribution is -1.95. The topological polar surface area (TPSA) is 69.6 Å². The van der Waals surface area contributed by atoms with E-state index in [0.29, 0.717) is 5.82 Å². The molecule has 0 amide bonds. The molecule has 0 unspecified atom stereocenters. The molecular formula is C12H14N4. The number of nitrogens with one attached hydrogen (secondary N) is 3. The molecule has 0 aliphatic carbocycles. The third-order valence-electron chi connectivity index (χ3n) is 2.79. The number of nitrogens with two attached hydrogens (primary N) is 1. The highest BCUT2D eigenvalue weighted by molar-refractivity contribution is 6.08. The van der Waals surface area contributed by atoms with Crippen molar-refractivity contribution < 1.29 is 0 Å². The molecule has 5 N–H and O–H groups in total. The number of aromatic amines is 2. The number of rotatable bonds is 2. The number of benzene rings is 1. The number of aromatic nitrogens is 2. The van der Waals surface area contributed by atoms with Crippen molar-refractivity contribution in [2.75, 3.05) is 17.6 Å². The fourth-order valence-corrected chi connectivity index (χ4v) is 2.12. The van der Waals surface area contributed by atoms with Gasteiger partial charge in [-0.3, -0.25) is 0 Å². The molecule has 0 saturated heterocycles. The summed E-state index contributed by atoms with van der Waals surface area (Å²) in [4.78, 5) is 6.47. The minimum atomic E-state index is 0.703. The molecule has 0 fully saturated rings. The van der Waals surface area contributed by atoms with Crippen molar-refractivity contribution in [2.45, 2.75) is 6.92 Å². The number of nitrogen functional groups attached to an aromatic ring is 1. The predicted molar refractivity (Wildman–Crippen MR) is 68.7 cm³/mol. The first-order chi connectivity index (χ1) is 7.78. The molecule has 1 aromatic carbocycles. The van der Waals surface area contributed by atoms with E-state index in [1.54, 1.807) is 0 Å². The largest absolute Gasteiger partial charge is 0.385 e. The summed E-state index contributed by atoms with van der Waals surface area (Å²) in [5, 5.41) is 5.63. The SMILES string of the molecule is CCNc1cc2c(ccc3[nH]c(N)cc32)[nH]1. The summed E-state index contributed by atoms with van der Waals surface area (Å²) in [6, 6.07) is 8.20. The second-order valence-electron chi connectivity index (χ2n) is 3.93. The summed E-state index contributed by atoms with van der Waals surface area (Å²) in [7, 11) is 0. The average Bonchev–Trinajstić information content (AvgIpc) is 2.79. The summed E-state index contributed by atoms with van der Waals surface area (Å²) in [5.74, 6) is 1.75. The molecule has 0 aliphatic heterocycles. The minimum absolute atomic E-state index is 0.703. The lowest BCUT2D eigenvalue weighted by atomic mass is 10.2. The van der Waals surface area contributed by atoms with Gasteiger partial charge < -0.3 is 21.0 Å². The lowest BCUT2D eigenvalue weighted by Gasteiger charge is -1.95. The third-order valence-corrected chi connectivity index (χ3v) is 2.79. The Labute approximate surface area is 92.8 Å². The van der Waals surface area contributed by atoms with E-state index in [1.807, 2.05) is 12.1 Å². The van der Waals surface area contributed by atoms with Gasteiger partial charge in [-0.15, -0.1) is 0 Å². The molecule has 0 atom stereocenters. The number of hydrogen-bond acceptors (Lipinski definition) is 2. The Morgan fingerprint density at radius 2 is 1.81 bits per heavy atom. The highest BCUT2D eigenvalue weighted by atomic mass is 15.0. The first-order valence-electron chi connectivity index (χ1n) is 5.41. The molecule has 4 nitrogen and oxygen atoms in total. The van der Waals surface area contributed by atoms with E-state index >= 15 is 0 Å². The maximum Gasteiger partial charge on any atom is 0.104 e. The van der Waals surface area contributed by atoms with Gasteiger partial charge in [0.15, 0.2) is 0 Å². The second-order valence-corrected chi connectivity index (χ2v) is 3.93. The van der Waals surface area contributed by atoms with Crippen LogP contribution in [0.25, 0.3) is 21.8 Å². The number of fused-ring (bicyclic) bond motifs is 3. The zero-order valence-corrected chi connectivity index (χ0v) is 9.09. The zero-order valence-electron chi connectivity index (χ0n) is 9.09. The maximum absolute atomic E-state index is 5.77. The first kappa shape index (κ1) is 9.15. The summed E-state index contributed by atoms with van der Waals surface area (Å²) in [5.41, 5.74) is 7.97. The summed E-state index contributed by atoms with van der Waals surface area (Å²) in [6.07, 6.45) is 0. The molecule has 3 rings (SSSR count). The van der Waals surface area contributed by atoms with Crippen molar-refractivity contribution in [1.82, 2.24) is 9.97 Å². The van der Waals surface area contributed by atoms with Crippen LogP contribution in [-0.4, -0.2) is 16.5 Å². The van der Waals surface area contributed by atoms with Crippen molar-refractivity contribution in [2.24, 2.45) is 0 Å². The summed E-state index contributed by atoms with van der Waals surface area (Å²) < 4.78 is 0. The Morgan fingerprint density at radius 1 is 1.12 bits per heavy atom.